The number of hydrogen-bond donors (Lipinski definition) is 1. The molecular weight excluding hydrogens is 442 g/mol. The third kappa shape index (κ3) is 3.95. The molecule has 0 unspecified atom stereocenters. The van der Waals surface area contributed by atoms with Gasteiger partial charge in [0, 0.05) is 33.7 Å². The zero-order valence-electron chi connectivity index (χ0n) is 18.8. The van der Waals surface area contributed by atoms with Crippen molar-refractivity contribution in [3.05, 3.63) is 74.8 Å². The van der Waals surface area contributed by atoms with Crippen LogP contribution in [0.15, 0.2) is 64.3 Å². The molecule has 2 heterocycles. The molecule has 0 saturated heterocycles. The third-order valence-corrected chi connectivity index (χ3v) is 7.22. The van der Waals surface area contributed by atoms with Gasteiger partial charge in [-0.15, -0.1) is 11.3 Å². The Labute approximate surface area is 196 Å². The molecule has 0 fully saturated rings. The Morgan fingerprint density at radius 3 is 2.52 bits per heavy atom. The molecule has 0 bridgehead atoms. The molecule has 33 heavy (non-hydrogen) atoms. The fourth-order valence-corrected chi connectivity index (χ4v) is 5.60. The average Bonchev–Trinajstić information content (AvgIpc) is 3.37. The zero-order chi connectivity index (χ0) is 23.7. The van der Waals surface area contributed by atoms with Crippen LogP contribution in [-0.2, 0) is 23.9 Å². The van der Waals surface area contributed by atoms with Crippen LogP contribution < -0.4 is 10.1 Å². The average molecular weight is 468 g/mol. The second-order valence-electron chi connectivity index (χ2n) is 7.95. The molecule has 2 aliphatic rings. The molecule has 2 aromatic rings. The Hall–Kier alpha value is -3.39. The predicted molar refractivity (Wildman–Crippen MR) is 123 cm³/mol. The lowest BCUT2D eigenvalue weighted by molar-refractivity contribution is -0.149. The number of thiophene rings is 1. The van der Waals surface area contributed by atoms with Gasteiger partial charge in [-0.05, 0) is 42.5 Å². The molecule has 0 saturated carbocycles. The highest BCUT2D eigenvalue weighted by Crippen LogP contribution is 2.49. The smallest absolute Gasteiger partial charge is 0.336 e. The van der Waals surface area contributed by atoms with Gasteiger partial charge >= 0.3 is 11.9 Å². The molecule has 8 heteroatoms. The highest BCUT2D eigenvalue weighted by atomic mass is 32.1. The second kappa shape index (κ2) is 9.23. The lowest BCUT2D eigenvalue weighted by atomic mass is 9.68. The highest BCUT2D eigenvalue weighted by molar-refractivity contribution is 7.10. The second-order valence-corrected chi connectivity index (χ2v) is 8.93. The normalized spacial score (nSPS) is 22.4. The van der Waals surface area contributed by atoms with Crippen LogP contribution in [-0.4, -0.2) is 39.1 Å². The number of methoxy groups -OCH3 is 3. The van der Waals surface area contributed by atoms with Gasteiger partial charge in [0.05, 0.1) is 26.9 Å². The fourth-order valence-electron chi connectivity index (χ4n) is 4.74. The minimum atomic E-state index is -1.00. The molecule has 1 aromatic heterocycles. The maximum atomic E-state index is 14.0. The number of esters is 2. The molecular formula is C25H25NO6S. The summed E-state index contributed by atoms with van der Waals surface area (Å²) in [7, 11) is 4.15. The van der Waals surface area contributed by atoms with Crippen molar-refractivity contribution in [1.82, 2.24) is 5.32 Å². The van der Waals surface area contributed by atoms with E-state index in [4.69, 9.17) is 14.2 Å². The first-order valence-electron chi connectivity index (χ1n) is 10.5. The standard InChI is InChI=1S/C25H25NO6S/c1-13-19(24(28)31-3)20(14-7-5-8-15(11-14)30-2)22-17(26-13)12-16(18-9-6-10-33-18)21(23(22)27)25(29)32-4/h5-11,16,20-21,26H,12H2,1-4H3/t16-,20-,21+/m0/s1. The number of rotatable bonds is 5. The van der Waals surface area contributed by atoms with Crippen LogP contribution in [0, 0.1) is 5.92 Å². The van der Waals surface area contributed by atoms with Gasteiger partial charge in [0.25, 0.3) is 0 Å². The van der Waals surface area contributed by atoms with Gasteiger partial charge in [0.1, 0.15) is 11.7 Å². The first-order chi connectivity index (χ1) is 15.9. The van der Waals surface area contributed by atoms with E-state index in [1.807, 2.05) is 23.6 Å². The summed E-state index contributed by atoms with van der Waals surface area (Å²) in [6, 6.07) is 11.1. The molecule has 1 aliphatic heterocycles. The van der Waals surface area contributed by atoms with E-state index in [9.17, 15) is 14.4 Å². The van der Waals surface area contributed by atoms with Gasteiger partial charge in [-0.3, -0.25) is 9.59 Å². The van der Waals surface area contributed by atoms with Crippen molar-refractivity contribution in [2.24, 2.45) is 5.92 Å². The van der Waals surface area contributed by atoms with Crippen molar-refractivity contribution in [2.75, 3.05) is 21.3 Å². The Balaban J connectivity index is 1.92. The van der Waals surface area contributed by atoms with Gasteiger partial charge in [0.2, 0.25) is 0 Å². The van der Waals surface area contributed by atoms with Crippen LogP contribution in [0.2, 0.25) is 0 Å². The summed E-state index contributed by atoms with van der Waals surface area (Å²) in [5.74, 6) is -2.93. The SMILES string of the molecule is COC(=O)C1=C(C)NC2=C(C(=O)[C@H](C(=O)OC)[C@H](c3cccs3)C2)[C@H]1c1cccc(OC)c1. The summed E-state index contributed by atoms with van der Waals surface area (Å²) in [5, 5.41) is 5.19. The molecule has 4 rings (SSSR count). The number of allylic oxidation sites excluding steroid dienone is 3. The van der Waals surface area contributed by atoms with E-state index in [0.717, 1.165) is 4.88 Å². The maximum Gasteiger partial charge on any atom is 0.336 e. The summed E-state index contributed by atoms with van der Waals surface area (Å²) in [5.41, 5.74) is 2.74. The third-order valence-electron chi connectivity index (χ3n) is 6.22. The van der Waals surface area contributed by atoms with Crippen LogP contribution in [0.4, 0.5) is 0 Å². The van der Waals surface area contributed by atoms with E-state index in [0.29, 0.717) is 40.3 Å². The largest absolute Gasteiger partial charge is 0.497 e. The molecule has 7 nitrogen and oxygen atoms in total. The topological polar surface area (TPSA) is 90.9 Å². The molecule has 0 spiro atoms. The van der Waals surface area contributed by atoms with Crippen LogP contribution in [0.25, 0.3) is 0 Å². The predicted octanol–water partition coefficient (Wildman–Crippen LogP) is 3.69. The zero-order valence-corrected chi connectivity index (χ0v) is 19.7. The van der Waals surface area contributed by atoms with E-state index in [1.54, 1.807) is 32.2 Å². The first-order valence-corrected chi connectivity index (χ1v) is 11.4. The first kappa shape index (κ1) is 22.8. The van der Waals surface area contributed by atoms with Gasteiger partial charge in [-0.2, -0.15) is 0 Å². The van der Waals surface area contributed by atoms with Crippen molar-refractivity contribution in [3.8, 4) is 5.75 Å². The molecule has 172 valence electrons. The monoisotopic (exact) mass is 467 g/mol. The van der Waals surface area contributed by atoms with E-state index in [1.165, 1.54) is 25.6 Å². The molecule has 0 radical (unpaired) electrons. The number of Topliss-reactive ketones (excluding diaryl/α,β-unsaturated/α-hetero) is 1. The summed E-state index contributed by atoms with van der Waals surface area (Å²) >= 11 is 1.50. The Morgan fingerprint density at radius 2 is 1.88 bits per heavy atom. The number of ether oxygens (including phenoxy) is 3. The Bertz CT molecular complexity index is 1160. The summed E-state index contributed by atoms with van der Waals surface area (Å²) in [6.45, 7) is 1.79. The fraction of sp³-hybridized carbons (Fsp3) is 0.320. The van der Waals surface area contributed by atoms with Crippen LogP contribution in [0.5, 0.6) is 5.75 Å². The van der Waals surface area contributed by atoms with Crippen molar-refractivity contribution >= 4 is 29.1 Å². The van der Waals surface area contributed by atoms with Crippen molar-refractivity contribution in [2.45, 2.75) is 25.2 Å². The molecule has 1 N–H and O–H groups in total. The molecule has 0 amide bonds. The summed E-state index contributed by atoms with van der Waals surface area (Å²) in [6.07, 6.45) is 0.438. The van der Waals surface area contributed by atoms with Crippen LogP contribution >= 0.6 is 11.3 Å². The maximum absolute atomic E-state index is 14.0. The summed E-state index contributed by atoms with van der Waals surface area (Å²) in [4.78, 5) is 40.6. The van der Waals surface area contributed by atoms with Crippen molar-refractivity contribution in [1.29, 1.82) is 0 Å². The highest BCUT2D eigenvalue weighted by Gasteiger charge is 2.49. The molecule has 1 aliphatic carbocycles. The van der Waals surface area contributed by atoms with Crippen LogP contribution in [0.1, 0.15) is 35.6 Å². The van der Waals surface area contributed by atoms with Crippen molar-refractivity contribution < 1.29 is 28.6 Å². The van der Waals surface area contributed by atoms with E-state index < -0.39 is 23.8 Å². The lowest BCUT2D eigenvalue weighted by Gasteiger charge is -2.39. The number of carbonyl (C=O) groups excluding carboxylic acids is 3. The molecule has 1 aromatic carbocycles. The lowest BCUT2D eigenvalue weighted by Crippen LogP contribution is -2.43. The number of carbonyl (C=O) groups is 3. The number of nitrogens with one attached hydrogen (secondary N) is 1. The number of ketones is 1. The Morgan fingerprint density at radius 1 is 1.09 bits per heavy atom. The summed E-state index contributed by atoms with van der Waals surface area (Å²) < 4.78 is 15.5. The quantitative estimate of drug-likeness (QED) is 0.530. The van der Waals surface area contributed by atoms with Crippen molar-refractivity contribution in [3.63, 3.8) is 0 Å². The van der Waals surface area contributed by atoms with Gasteiger partial charge < -0.3 is 19.5 Å². The van der Waals surface area contributed by atoms with Crippen LogP contribution in [0.3, 0.4) is 0 Å². The molecule has 3 atom stereocenters. The minimum absolute atomic E-state index is 0.330. The van der Waals surface area contributed by atoms with E-state index in [-0.39, 0.29) is 11.7 Å². The Kier molecular flexibility index (Phi) is 6.37. The van der Waals surface area contributed by atoms with Gasteiger partial charge in [-0.1, -0.05) is 18.2 Å². The number of hydrogen-bond acceptors (Lipinski definition) is 8. The minimum Gasteiger partial charge on any atom is -0.497 e. The van der Waals surface area contributed by atoms with Gasteiger partial charge in [0.15, 0.2) is 5.78 Å². The number of dihydropyridines is 1. The van der Waals surface area contributed by atoms with Gasteiger partial charge in [-0.25, -0.2) is 4.79 Å². The van der Waals surface area contributed by atoms with E-state index >= 15 is 0 Å². The number of benzene rings is 1. The van der Waals surface area contributed by atoms with E-state index in [2.05, 4.69) is 5.32 Å².